The van der Waals surface area contributed by atoms with E-state index in [9.17, 15) is 9.59 Å². The molecule has 1 aromatic carbocycles. The Morgan fingerprint density at radius 3 is 2.77 bits per heavy atom. The van der Waals surface area contributed by atoms with Gasteiger partial charge < -0.3 is 15.0 Å². The second-order valence-corrected chi connectivity index (χ2v) is 7.75. The lowest BCUT2D eigenvalue weighted by Crippen LogP contribution is -2.45. The lowest BCUT2D eigenvalue weighted by Gasteiger charge is -2.32. The van der Waals surface area contributed by atoms with Crippen molar-refractivity contribution in [2.75, 3.05) is 26.2 Å². The van der Waals surface area contributed by atoms with Gasteiger partial charge in [0.25, 0.3) is 5.91 Å². The maximum atomic E-state index is 12.7. The summed E-state index contributed by atoms with van der Waals surface area (Å²) in [6.45, 7) is 2.54. The third kappa shape index (κ3) is 4.90. The van der Waals surface area contributed by atoms with Gasteiger partial charge in [0, 0.05) is 31.8 Å². The summed E-state index contributed by atoms with van der Waals surface area (Å²) in [6.07, 6.45) is 4.92. The lowest BCUT2D eigenvalue weighted by atomic mass is 9.96. The smallest absolute Gasteiger partial charge is 0.253 e. The minimum absolute atomic E-state index is 0.0228. The van der Waals surface area contributed by atoms with E-state index in [4.69, 9.17) is 27.9 Å². The second-order valence-electron chi connectivity index (χ2n) is 6.93. The van der Waals surface area contributed by atoms with Crippen molar-refractivity contribution in [1.82, 2.24) is 10.2 Å². The molecule has 1 N–H and O–H groups in total. The SMILES string of the molecule is O=C(NCCC1CCCO1)C1CCCN(C(=O)c2ccc(Cl)c(Cl)c2)C1. The minimum atomic E-state index is -0.167. The normalized spacial score (nSPS) is 23.1. The van der Waals surface area contributed by atoms with Gasteiger partial charge in [0.15, 0.2) is 0 Å². The number of nitrogens with one attached hydrogen (secondary N) is 1. The Morgan fingerprint density at radius 2 is 2.04 bits per heavy atom. The lowest BCUT2D eigenvalue weighted by molar-refractivity contribution is -0.126. The number of piperidine rings is 1. The molecule has 26 heavy (non-hydrogen) atoms. The molecule has 0 aliphatic carbocycles. The summed E-state index contributed by atoms with van der Waals surface area (Å²) in [4.78, 5) is 26.9. The molecule has 0 saturated carbocycles. The van der Waals surface area contributed by atoms with Crippen molar-refractivity contribution in [1.29, 1.82) is 0 Å². The number of likely N-dealkylation sites (tertiary alicyclic amines) is 1. The Bertz CT molecular complexity index is 662. The van der Waals surface area contributed by atoms with Crippen LogP contribution in [-0.2, 0) is 9.53 Å². The van der Waals surface area contributed by atoms with Crippen LogP contribution in [0.2, 0.25) is 10.0 Å². The number of ether oxygens (including phenoxy) is 1. The monoisotopic (exact) mass is 398 g/mol. The van der Waals surface area contributed by atoms with Gasteiger partial charge in [0.2, 0.25) is 5.91 Å². The molecule has 0 bridgehead atoms. The van der Waals surface area contributed by atoms with Gasteiger partial charge in [0.1, 0.15) is 0 Å². The molecule has 142 valence electrons. The van der Waals surface area contributed by atoms with E-state index in [2.05, 4.69) is 5.32 Å². The molecule has 1 aromatic rings. The van der Waals surface area contributed by atoms with Crippen LogP contribution in [0.5, 0.6) is 0 Å². The van der Waals surface area contributed by atoms with Gasteiger partial charge >= 0.3 is 0 Å². The van der Waals surface area contributed by atoms with E-state index < -0.39 is 0 Å². The third-order valence-electron chi connectivity index (χ3n) is 5.04. The summed E-state index contributed by atoms with van der Waals surface area (Å²) in [5.41, 5.74) is 0.499. The van der Waals surface area contributed by atoms with Crippen LogP contribution in [0.4, 0.5) is 0 Å². The van der Waals surface area contributed by atoms with Crippen molar-refractivity contribution >= 4 is 35.0 Å². The van der Waals surface area contributed by atoms with E-state index in [1.165, 1.54) is 0 Å². The molecule has 5 nitrogen and oxygen atoms in total. The van der Waals surface area contributed by atoms with E-state index in [1.807, 2.05) is 0 Å². The molecular formula is C19H24Cl2N2O3. The fourth-order valence-corrected chi connectivity index (χ4v) is 3.86. The summed E-state index contributed by atoms with van der Waals surface area (Å²) in [5, 5.41) is 3.78. The molecule has 7 heteroatoms. The Hall–Kier alpha value is -1.30. The molecule has 2 saturated heterocycles. The molecule has 2 unspecified atom stereocenters. The molecule has 0 spiro atoms. The zero-order valence-corrected chi connectivity index (χ0v) is 16.2. The number of carbonyl (C=O) groups is 2. The van der Waals surface area contributed by atoms with Crippen molar-refractivity contribution in [3.8, 4) is 0 Å². The summed E-state index contributed by atoms with van der Waals surface area (Å²) >= 11 is 11.9. The number of carbonyl (C=O) groups excluding carboxylic acids is 2. The van der Waals surface area contributed by atoms with Crippen molar-refractivity contribution in [3.05, 3.63) is 33.8 Å². The molecule has 2 aliphatic heterocycles. The summed E-state index contributed by atoms with van der Waals surface area (Å²) in [6, 6.07) is 4.87. The molecule has 3 rings (SSSR count). The number of amides is 2. The van der Waals surface area contributed by atoms with Crippen molar-refractivity contribution in [3.63, 3.8) is 0 Å². The van der Waals surface area contributed by atoms with E-state index in [1.54, 1.807) is 23.1 Å². The molecule has 2 heterocycles. The molecule has 2 amide bonds. The standard InChI is InChI=1S/C19H24Cl2N2O3/c20-16-6-5-13(11-17(16)21)19(25)23-9-1-3-14(12-23)18(24)22-8-7-15-4-2-10-26-15/h5-6,11,14-15H,1-4,7-10,12H2,(H,22,24). The summed E-state index contributed by atoms with van der Waals surface area (Å²) in [5.74, 6) is -0.255. The first-order valence-electron chi connectivity index (χ1n) is 9.18. The highest BCUT2D eigenvalue weighted by Crippen LogP contribution is 2.25. The highest BCUT2D eigenvalue weighted by atomic mass is 35.5. The summed E-state index contributed by atoms with van der Waals surface area (Å²) < 4.78 is 5.57. The molecule has 2 atom stereocenters. The first kappa shape index (κ1) is 19.5. The van der Waals surface area contributed by atoms with Gasteiger partial charge in [-0.05, 0) is 50.3 Å². The Labute approximate surface area is 164 Å². The van der Waals surface area contributed by atoms with Crippen LogP contribution in [-0.4, -0.2) is 49.1 Å². The third-order valence-corrected chi connectivity index (χ3v) is 5.77. The van der Waals surface area contributed by atoms with Crippen LogP contribution in [0.1, 0.15) is 42.5 Å². The second kappa shape index (κ2) is 9.07. The van der Waals surface area contributed by atoms with Crippen LogP contribution in [0.3, 0.4) is 0 Å². The van der Waals surface area contributed by atoms with Crippen LogP contribution in [0, 0.1) is 5.92 Å². The number of nitrogens with zero attached hydrogens (tertiary/aromatic N) is 1. The Morgan fingerprint density at radius 1 is 1.19 bits per heavy atom. The van der Waals surface area contributed by atoms with E-state index in [-0.39, 0.29) is 23.8 Å². The fourth-order valence-electron chi connectivity index (χ4n) is 3.56. The topological polar surface area (TPSA) is 58.6 Å². The average Bonchev–Trinajstić information content (AvgIpc) is 3.17. The number of halogens is 2. The van der Waals surface area contributed by atoms with Crippen LogP contribution in [0.25, 0.3) is 0 Å². The zero-order valence-electron chi connectivity index (χ0n) is 14.7. The van der Waals surface area contributed by atoms with E-state index in [0.717, 1.165) is 38.7 Å². The first-order valence-corrected chi connectivity index (χ1v) is 9.94. The number of hydrogen-bond donors (Lipinski definition) is 1. The summed E-state index contributed by atoms with van der Waals surface area (Å²) in [7, 11) is 0. The predicted molar refractivity (Wildman–Crippen MR) is 102 cm³/mol. The minimum Gasteiger partial charge on any atom is -0.378 e. The highest BCUT2D eigenvalue weighted by molar-refractivity contribution is 6.42. The average molecular weight is 399 g/mol. The molecule has 0 aromatic heterocycles. The maximum Gasteiger partial charge on any atom is 0.253 e. The molecule has 0 radical (unpaired) electrons. The number of hydrogen-bond acceptors (Lipinski definition) is 3. The number of rotatable bonds is 5. The van der Waals surface area contributed by atoms with Gasteiger partial charge in [-0.3, -0.25) is 9.59 Å². The molecular weight excluding hydrogens is 375 g/mol. The van der Waals surface area contributed by atoms with Gasteiger partial charge in [-0.15, -0.1) is 0 Å². The van der Waals surface area contributed by atoms with Gasteiger partial charge in [0.05, 0.1) is 22.1 Å². The van der Waals surface area contributed by atoms with Crippen molar-refractivity contribution in [2.24, 2.45) is 5.92 Å². The maximum absolute atomic E-state index is 12.7. The highest BCUT2D eigenvalue weighted by Gasteiger charge is 2.29. The van der Waals surface area contributed by atoms with Gasteiger partial charge in [-0.1, -0.05) is 23.2 Å². The van der Waals surface area contributed by atoms with Crippen LogP contribution in [0.15, 0.2) is 18.2 Å². The van der Waals surface area contributed by atoms with E-state index in [0.29, 0.717) is 35.2 Å². The van der Waals surface area contributed by atoms with Gasteiger partial charge in [-0.2, -0.15) is 0 Å². The first-order chi connectivity index (χ1) is 12.5. The van der Waals surface area contributed by atoms with Crippen molar-refractivity contribution in [2.45, 2.75) is 38.2 Å². The molecule has 2 aliphatic rings. The van der Waals surface area contributed by atoms with E-state index >= 15 is 0 Å². The van der Waals surface area contributed by atoms with Crippen LogP contribution >= 0.6 is 23.2 Å². The van der Waals surface area contributed by atoms with Crippen LogP contribution < -0.4 is 5.32 Å². The number of benzene rings is 1. The van der Waals surface area contributed by atoms with Gasteiger partial charge in [-0.25, -0.2) is 0 Å². The quantitative estimate of drug-likeness (QED) is 0.824. The zero-order chi connectivity index (χ0) is 18.5. The largest absolute Gasteiger partial charge is 0.378 e. The Balaban J connectivity index is 1.51. The Kier molecular flexibility index (Phi) is 6.79. The fraction of sp³-hybridized carbons (Fsp3) is 0.579. The predicted octanol–water partition coefficient (Wildman–Crippen LogP) is 3.53. The molecule has 2 fully saturated rings. The van der Waals surface area contributed by atoms with Crippen molar-refractivity contribution < 1.29 is 14.3 Å².